The lowest BCUT2D eigenvalue weighted by molar-refractivity contribution is 0.103. The number of carbonyl (C=O) groups is 1. The normalized spacial score (nSPS) is 10.9. The van der Waals surface area contributed by atoms with Gasteiger partial charge in [0.25, 0.3) is 0 Å². The predicted octanol–water partition coefficient (Wildman–Crippen LogP) is 6.63. The van der Waals surface area contributed by atoms with Crippen LogP contribution in [0.1, 0.15) is 38.2 Å². The number of hydrogen-bond acceptors (Lipinski definition) is 9. The first-order valence-electron chi connectivity index (χ1n) is 14.3. The Morgan fingerprint density at radius 1 is 0.340 bits per heavy atom. The fraction of sp³-hybridized carbons (Fsp3) is 0.0263. The molecule has 6 aromatic rings. The average Bonchev–Trinajstić information content (AvgIpc) is 3.04. The number of phenolic OH excluding ortho intramolecular Hbond substituents is 8. The third-order valence-electron chi connectivity index (χ3n) is 7.65. The summed E-state index contributed by atoms with van der Waals surface area (Å²) in [5, 5.41) is 76.7. The Balaban J connectivity index is 0.000000207. The molecule has 0 aliphatic rings. The molecule has 0 amide bonds. The summed E-state index contributed by atoms with van der Waals surface area (Å²) >= 11 is 0. The van der Waals surface area contributed by atoms with Gasteiger partial charge in [-0.1, -0.05) is 48.5 Å². The van der Waals surface area contributed by atoms with Crippen molar-refractivity contribution >= 4 is 5.78 Å². The van der Waals surface area contributed by atoms with Crippen molar-refractivity contribution in [1.82, 2.24) is 0 Å². The molecular weight excluding hydrogens is 600 g/mol. The maximum atomic E-state index is 12.0. The molecule has 6 rings (SSSR count). The van der Waals surface area contributed by atoms with E-state index >= 15 is 0 Å². The molecule has 0 heterocycles. The van der Waals surface area contributed by atoms with Gasteiger partial charge >= 0.3 is 0 Å². The number of aromatic hydroxyl groups is 8. The first kappa shape index (κ1) is 31.8. The number of rotatable bonds is 6. The van der Waals surface area contributed by atoms with Gasteiger partial charge in [0.05, 0.1) is 16.5 Å². The van der Waals surface area contributed by atoms with Crippen molar-refractivity contribution in [3.63, 3.8) is 0 Å². The lowest BCUT2D eigenvalue weighted by atomic mass is 9.65. The Labute approximate surface area is 269 Å². The molecule has 8 N–H and O–H groups in total. The standard InChI is InChI=1S/C25H20O4.C13H10O5/c26-21-9-1-17(2-10-21)25(18-3-11-22(27)12-4-18,19-5-13-23(28)14-6-19)20-7-15-24(29)16-8-20;14-7-1-3-9(11(16)5-7)13(18)10-4-2-8(15)6-12(10)17/h1-16,26-29H;1-6,14-17H. The highest BCUT2D eigenvalue weighted by Gasteiger charge is 2.38. The molecule has 0 aromatic heterocycles. The average molecular weight is 631 g/mol. The fourth-order valence-corrected chi connectivity index (χ4v) is 5.41. The summed E-state index contributed by atoms with van der Waals surface area (Å²) in [7, 11) is 0. The smallest absolute Gasteiger partial charge is 0.200 e. The fourth-order valence-electron chi connectivity index (χ4n) is 5.41. The Bertz CT molecular complexity index is 1760. The molecule has 0 aliphatic heterocycles. The monoisotopic (exact) mass is 630 g/mol. The van der Waals surface area contributed by atoms with Crippen molar-refractivity contribution in [2.75, 3.05) is 0 Å². The Kier molecular flexibility index (Phi) is 8.91. The first-order valence-corrected chi connectivity index (χ1v) is 14.3. The van der Waals surface area contributed by atoms with E-state index in [1.54, 1.807) is 48.5 Å². The second kappa shape index (κ2) is 13.2. The van der Waals surface area contributed by atoms with Crippen LogP contribution in [0.3, 0.4) is 0 Å². The summed E-state index contributed by atoms with van der Waals surface area (Å²) in [5.41, 5.74) is 2.65. The maximum absolute atomic E-state index is 12.0. The highest BCUT2D eigenvalue weighted by atomic mass is 16.3. The predicted molar refractivity (Wildman–Crippen MR) is 174 cm³/mol. The van der Waals surface area contributed by atoms with Gasteiger partial charge in [-0.25, -0.2) is 0 Å². The lowest BCUT2D eigenvalue weighted by Gasteiger charge is -2.37. The minimum atomic E-state index is -0.803. The zero-order chi connectivity index (χ0) is 33.7. The molecule has 0 unspecified atom stereocenters. The molecule has 0 fully saturated rings. The third kappa shape index (κ3) is 6.59. The summed E-state index contributed by atoms with van der Waals surface area (Å²) in [6, 6.07) is 34.9. The van der Waals surface area contributed by atoms with Crippen LogP contribution in [0.15, 0.2) is 133 Å². The topological polar surface area (TPSA) is 179 Å². The van der Waals surface area contributed by atoms with E-state index in [4.69, 9.17) is 10.2 Å². The van der Waals surface area contributed by atoms with Crippen LogP contribution in [0.5, 0.6) is 46.0 Å². The Morgan fingerprint density at radius 2 is 0.574 bits per heavy atom. The van der Waals surface area contributed by atoms with Crippen molar-refractivity contribution in [3.05, 3.63) is 167 Å². The van der Waals surface area contributed by atoms with E-state index in [9.17, 15) is 35.4 Å². The van der Waals surface area contributed by atoms with Gasteiger partial charge in [0.1, 0.15) is 46.0 Å². The van der Waals surface area contributed by atoms with Gasteiger partial charge in [-0.3, -0.25) is 4.79 Å². The molecule has 47 heavy (non-hydrogen) atoms. The highest BCUT2D eigenvalue weighted by Crippen LogP contribution is 2.46. The minimum Gasteiger partial charge on any atom is -0.508 e. The van der Waals surface area contributed by atoms with Gasteiger partial charge in [-0.2, -0.15) is 0 Å². The van der Waals surface area contributed by atoms with Crippen LogP contribution in [0.25, 0.3) is 0 Å². The van der Waals surface area contributed by atoms with Gasteiger partial charge in [-0.05, 0) is 95.1 Å². The van der Waals surface area contributed by atoms with E-state index < -0.39 is 11.2 Å². The van der Waals surface area contributed by atoms with Crippen molar-refractivity contribution in [2.45, 2.75) is 5.41 Å². The number of phenols is 8. The van der Waals surface area contributed by atoms with Crippen molar-refractivity contribution < 1.29 is 45.6 Å². The molecule has 236 valence electrons. The second-order valence-electron chi connectivity index (χ2n) is 10.7. The van der Waals surface area contributed by atoms with Crippen molar-refractivity contribution in [1.29, 1.82) is 0 Å². The zero-order valence-electron chi connectivity index (χ0n) is 24.7. The molecule has 0 atom stereocenters. The van der Waals surface area contributed by atoms with Crippen molar-refractivity contribution in [2.24, 2.45) is 0 Å². The van der Waals surface area contributed by atoms with E-state index in [1.807, 2.05) is 48.5 Å². The number of hydrogen-bond donors (Lipinski definition) is 8. The van der Waals surface area contributed by atoms with E-state index in [0.29, 0.717) is 0 Å². The molecule has 0 saturated heterocycles. The Hall–Kier alpha value is -6.61. The summed E-state index contributed by atoms with van der Waals surface area (Å²) < 4.78 is 0. The highest BCUT2D eigenvalue weighted by molar-refractivity contribution is 6.12. The van der Waals surface area contributed by atoms with E-state index in [-0.39, 0.29) is 57.1 Å². The van der Waals surface area contributed by atoms with Crippen LogP contribution < -0.4 is 0 Å². The zero-order valence-corrected chi connectivity index (χ0v) is 24.7. The number of ketones is 1. The Morgan fingerprint density at radius 3 is 0.809 bits per heavy atom. The second-order valence-corrected chi connectivity index (χ2v) is 10.7. The molecule has 6 aromatic carbocycles. The molecule has 0 spiro atoms. The largest absolute Gasteiger partial charge is 0.508 e. The van der Waals surface area contributed by atoms with Gasteiger partial charge in [0.15, 0.2) is 5.78 Å². The lowest BCUT2D eigenvalue weighted by Crippen LogP contribution is -2.30. The molecule has 0 saturated carbocycles. The quantitative estimate of drug-likeness (QED) is 0.0740. The number of benzene rings is 6. The van der Waals surface area contributed by atoms with Gasteiger partial charge in [0.2, 0.25) is 0 Å². The van der Waals surface area contributed by atoms with E-state index in [2.05, 4.69) is 0 Å². The van der Waals surface area contributed by atoms with Crippen LogP contribution in [0, 0.1) is 0 Å². The van der Waals surface area contributed by atoms with E-state index in [1.165, 1.54) is 24.3 Å². The van der Waals surface area contributed by atoms with Crippen LogP contribution in [0.4, 0.5) is 0 Å². The summed E-state index contributed by atoms with van der Waals surface area (Å²) in [4.78, 5) is 12.0. The van der Waals surface area contributed by atoms with Crippen molar-refractivity contribution in [3.8, 4) is 46.0 Å². The molecule has 9 heteroatoms. The SMILES string of the molecule is O=C(c1ccc(O)cc1O)c1ccc(O)cc1O.Oc1ccc(C(c2ccc(O)cc2)(c2ccc(O)cc2)c2ccc(O)cc2)cc1. The minimum absolute atomic E-state index is 0.0474. The summed E-state index contributed by atoms with van der Waals surface area (Å²) in [5.74, 6) is -1.08. The number of carbonyl (C=O) groups excluding carboxylic acids is 1. The molecular formula is C38H30O9. The maximum Gasteiger partial charge on any atom is 0.200 e. The molecule has 0 bridgehead atoms. The molecule has 0 aliphatic carbocycles. The van der Waals surface area contributed by atoms with Crippen LogP contribution >= 0.6 is 0 Å². The van der Waals surface area contributed by atoms with Crippen LogP contribution in [-0.2, 0) is 5.41 Å². The van der Waals surface area contributed by atoms with Crippen LogP contribution in [-0.4, -0.2) is 46.6 Å². The molecule has 9 nitrogen and oxygen atoms in total. The van der Waals surface area contributed by atoms with Gasteiger partial charge < -0.3 is 40.9 Å². The van der Waals surface area contributed by atoms with Crippen LogP contribution in [0.2, 0.25) is 0 Å². The molecule has 0 radical (unpaired) electrons. The summed E-state index contributed by atoms with van der Waals surface area (Å²) in [6.07, 6.45) is 0. The third-order valence-corrected chi connectivity index (χ3v) is 7.65. The van der Waals surface area contributed by atoms with E-state index in [0.717, 1.165) is 34.4 Å². The van der Waals surface area contributed by atoms with Gasteiger partial charge in [0, 0.05) is 12.1 Å². The van der Waals surface area contributed by atoms with Gasteiger partial charge in [-0.15, -0.1) is 0 Å². The first-order chi connectivity index (χ1) is 22.5. The summed E-state index contributed by atoms with van der Waals surface area (Å²) in [6.45, 7) is 0.